The number of aromatic nitrogens is 2. The topological polar surface area (TPSA) is 49.8 Å². The summed E-state index contributed by atoms with van der Waals surface area (Å²) in [7, 11) is 1.88. The molecule has 4 heteroatoms. The highest BCUT2D eigenvalue weighted by Crippen LogP contribution is 2.21. The van der Waals surface area contributed by atoms with E-state index in [1.807, 2.05) is 43.6 Å². The third-order valence-electron chi connectivity index (χ3n) is 2.97. The first kappa shape index (κ1) is 11.5. The molecule has 0 saturated heterocycles. The number of benzene rings is 1. The number of pyridine rings is 2. The lowest BCUT2D eigenvalue weighted by Crippen LogP contribution is -1.95. The van der Waals surface area contributed by atoms with Gasteiger partial charge in [0.15, 0.2) is 0 Å². The Morgan fingerprint density at radius 1 is 0.895 bits per heavy atom. The number of hydrogen-bond acceptors (Lipinski definition) is 4. The maximum absolute atomic E-state index is 4.34. The van der Waals surface area contributed by atoms with Gasteiger partial charge in [0, 0.05) is 30.5 Å². The first-order chi connectivity index (χ1) is 9.35. The number of rotatable bonds is 3. The highest BCUT2D eigenvalue weighted by atomic mass is 15.0. The Hall–Kier alpha value is -2.62. The van der Waals surface area contributed by atoms with E-state index in [9.17, 15) is 0 Å². The van der Waals surface area contributed by atoms with Gasteiger partial charge >= 0.3 is 0 Å². The Morgan fingerprint density at radius 3 is 2.58 bits per heavy atom. The van der Waals surface area contributed by atoms with Gasteiger partial charge in [-0.3, -0.25) is 4.98 Å². The minimum Gasteiger partial charge on any atom is -0.387 e. The number of fused-ring (bicyclic) bond motifs is 1. The van der Waals surface area contributed by atoms with Crippen LogP contribution in [0.25, 0.3) is 10.8 Å². The van der Waals surface area contributed by atoms with Crippen LogP contribution < -0.4 is 10.6 Å². The van der Waals surface area contributed by atoms with Gasteiger partial charge in [0.05, 0.1) is 11.9 Å². The highest BCUT2D eigenvalue weighted by Gasteiger charge is 1.98. The molecule has 3 rings (SSSR count). The lowest BCUT2D eigenvalue weighted by atomic mass is 10.1. The van der Waals surface area contributed by atoms with Gasteiger partial charge in [0.1, 0.15) is 5.82 Å². The first-order valence-electron chi connectivity index (χ1n) is 6.10. The Balaban J connectivity index is 1.87. The van der Waals surface area contributed by atoms with Crippen molar-refractivity contribution < 1.29 is 0 Å². The molecule has 3 aromatic rings. The van der Waals surface area contributed by atoms with Crippen molar-refractivity contribution in [2.45, 2.75) is 0 Å². The standard InChI is InChI=1S/C15H14N4/c1-16-14-4-5-15(18-10-14)19-13-3-2-12-9-17-7-6-11(12)8-13/h2-10,16H,1H3,(H,18,19). The summed E-state index contributed by atoms with van der Waals surface area (Å²) in [6.45, 7) is 0. The van der Waals surface area contributed by atoms with E-state index < -0.39 is 0 Å². The molecule has 0 bridgehead atoms. The lowest BCUT2D eigenvalue weighted by molar-refractivity contribution is 1.30. The lowest BCUT2D eigenvalue weighted by Gasteiger charge is -2.07. The van der Waals surface area contributed by atoms with E-state index in [-0.39, 0.29) is 0 Å². The van der Waals surface area contributed by atoms with Crippen LogP contribution >= 0.6 is 0 Å². The summed E-state index contributed by atoms with van der Waals surface area (Å²) in [5.74, 6) is 0.826. The molecule has 2 N–H and O–H groups in total. The summed E-state index contributed by atoms with van der Waals surface area (Å²) in [6.07, 6.45) is 5.46. The molecule has 0 aliphatic carbocycles. The number of nitrogens with zero attached hydrogens (tertiary/aromatic N) is 2. The largest absolute Gasteiger partial charge is 0.387 e. The van der Waals surface area contributed by atoms with Gasteiger partial charge in [-0.2, -0.15) is 0 Å². The van der Waals surface area contributed by atoms with Gasteiger partial charge in [-0.15, -0.1) is 0 Å². The van der Waals surface area contributed by atoms with Crippen LogP contribution in [0.15, 0.2) is 55.0 Å². The average molecular weight is 250 g/mol. The molecule has 0 aliphatic rings. The van der Waals surface area contributed by atoms with Crippen LogP contribution in [-0.4, -0.2) is 17.0 Å². The highest BCUT2D eigenvalue weighted by molar-refractivity contribution is 5.85. The van der Waals surface area contributed by atoms with Gasteiger partial charge in [-0.1, -0.05) is 6.07 Å². The van der Waals surface area contributed by atoms with Crippen molar-refractivity contribution in [1.29, 1.82) is 0 Å². The van der Waals surface area contributed by atoms with Crippen LogP contribution in [0.2, 0.25) is 0 Å². The van der Waals surface area contributed by atoms with E-state index in [2.05, 4.69) is 26.7 Å². The molecule has 0 radical (unpaired) electrons. The molecule has 0 atom stereocenters. The quantitative estimate of drug-likeness (QED) is 0.748. The van der Waals surface area contributed by atoms with Gasteiger partial charge in [-0.05, 0) is 35.7 Å². The average Bonchev–Trinajstić information content (AvgIpc) is 2.48. The molecule has 0 aliphatic heterocycles. The number of anilines is 3. The normalized spacial score (nSPS) is 10.4. The van der Waals surface area contributed by atoms with Crippen molar-refractivity contribution in [2.24, 2.45) is 0 Å². The summed E-state index contributed by atoms with van der Waals surface area (Å²) >= 11 is 0. The van der Waals surface area contributed by atoms with E-state index >= 15 is 0 Å². The maximum Gasteiger partial charge on any atom is 0.130 e. The third-order valence-corrected chi connectivity index (χ3v) is 2.97. The predicted molar refractivity (Wildman–Crippen MR) is 78.8 cm³/mol. The minimum absolute atomic E-state index is 0.826. The second kappa shape index (κ2) is 4.94. The smallest absolute Gasteiger partial charge is 0.130 e. The Morgan fingerprint density at radius 2 is 1.79 bits per heavy atom. The molecule has 0 spiro atoms. The van der Waals surface area contributed by atoms with Crippen LogP contribution in [0.3, 0.4) is 0 Å². The summed E-state index contributed by atoms with van der Waals surface area (Å²) in [5, 5.41) is 8.62. The molecule has 4 nitrogen and oxygen atoms in total. The van der Waals surface area contributed by atoms with E-state index in [0.717, 1.165) is 28.0 Å². The van der Waals surface area contributed by atoms with Crippen LogP contribution in [0.5, 0.6) is 0 Å². The van der Waals surface area contributed by atoms with Gasteiger partial charge < -0.3 is 10.6 Å². The third kappa shape index (κ3) is 2.47. The second-order valence-electron chi connectivity index (χ2n) is 4.24. The van der Waals surface area contributed by atoms with Crippen LogP contribution in [0, 0.1) is 0 Å². The predicted octanol–water partition coefficient (Wildman–Crippen LogP) is 3.42. The number of hydrogen-bond donors (Lipinski definition) is 2. The summed E-state index contributed by atoms with van der Waals surface area (Å²) < 4.78 is 0. The van der Waals surface area contributed by atoms with E-state index in [0.29, 0.717) is 0 Å². The SMILES string of the molecule is CNc1ccc(Nc2ccc3cnccc3c2)nc1. The van der Waals surface area contributed by atoms with Crippen molar-refractivity contribution in [1.82, 2.24) is 9.97 Å². The molecule has 19 heavy (non-hydrogen) atoms. The molecule has 0 fully saturated rings. The molecule has 2 aromatic heterocycles. The fraction of sp³-hybridized carbons (Fsp3) is 0.0667. The molecule has 0 unspecified atom stereocenters. The molecule has 0 saturated carbocycles. The summed E-state index contributed by atoms with van der Waals surface area (Å²) in [5.41, 5.74) is 2.01. The van der Waals surface area contributed by atoms with Crippen LogP contribution in [0.4, 0.5) is 17.2 Å². The van der Waals surface area contributed by atoms with Crippen molar-refractivity contribution in [2.75, 3.05) is 17.7 Å². The summed E-state index contributed by atoms with van der Waals surface area (Å²) in [6, 6.07) is 12.1. The fourth-order valence-corrected chi connectivity index (χ4v) is 1.92. The zero-order valence-electron chi connectivity index (χ0n) is 10.6. The maximum atomic E-state index is 4.34. The van der Waals surface area contributed by atoms with Crippen molar-refractivity contribution in [3.63, 3.8) is 0 Å². The Bertz CT molecular complexity index is 692. The van der Waals surface area contributed by atoms with E-state index in [1.165, 1.54) is 0 Å². The first-order valence-corrected chi connectivity index (χ1v) is 6.10. The van der Waals surface area contributed by atoms with Crippen molar-refractivity contribution >= 4 is 28.0 Å². The zero-order chi connectivity index (χ0) is 13.1. The van der Waals surface area contributed by atoms with E-state index in [4.69, 9.17) is 0 Å². The molecule has 2 heterocycles. The summed E-state index contributed by atoms with van der Waals surface area (Å²) in [4.78, 5) is 8.44. The minimum atomic E-state index is 0.826. The van der Waals surface area contributed by atoms with Crippen molar-refractivity contribution in [3.8, 4) is 0 Å². The second-order valence-corrected chi connectivity index (χ2v) is 4.24. The molecule has 0 amide bonds. The van der Waals surface area contributed by atoms with Gasteiger partial charge in [0.2, 0.25) is 0 Å². The zero-order valence-corrected chi connectivity index (χ0v) is 10.6. The fourth-order valence-electron chi connectivity index (χ4n) is 1.92. The Labute approximate surface area is 111 Å². The molecule has 94 valence electrons. The van der Waals surface area contributed by atoms with Crippen LogP contribution in [0.1, 0.15) is 0 Å². The molecule has 1 aromatic carbocycles. The van der Waals surface area contributed by atoms with Gasteiger partial charge in [-0.25, -0.2) is 4.98 Å². The van der Waals surface area contributed by atoms with E-state index in [1.54, 1.807) is 12.4 Å². The van der Waals surface area contributed by atoms with Crippen molar-refractivity contribution in [3.05, 3.63) is 55.0 Å². The van der Waals surface area contributed by atoms with Gasteiger partial charge in [0.25, 0.3) is 0 Å². The monoisotopic (exact) mass is 250 g/mol. The van der Waals surface area contributed by atoms with Crippen LogP contribution in [-0.2, 0) is 0 Å². The number of nitrogens with one attached hydrogen (secondary N) is 2. The molecular formula is C15H14N4. The molecular weight excluding hydrogens is 236 g/mol. The Kier molecular flexibility index (Phi) is 2.98.